The molecule has 0 bridgehead atoms. The summed E-state index contributed by atoms with van der Waals surface area (Å²) in [5, 5.41) is 12.0. The second-order valence-corrected chi connectivity index (χ2v) is 5.26. The van der Waals surface area contributed by atoms with Crippen LogP contribution >= 0.6 is 23.6 Å². The molecule has 0 aliphatic rings. The first-order chi connectivity index (χ1) is 9.65. The minimum Gasteiger partial charge on any atom is -0.378 e. The SMILES string of the molecule is CCn1c(CNC(=O)c2csc(COC)n2)n[nH]c1=S. The Kier molecular flexibility index (Phi) is 4.99. The standard InChI is InChI=1S/C11H15N5O2S2/c1-3-16-8(14-15-11(16)19)4-12-10(17)7-6-20-9(13-7)5-18-2/h6H,3-5H2,1-2H3,(H,12,17)(H,15,19). The number of nitrogens with zero attached hydrogens (tertiary/aromatic N) is 3. The number of nitrogens with one attached hydrogen (secondary N) is 2. The van der Waals surface area contributed by atoms with E-state index in [1.54, 1.807) is 12.5 Å². The minimum atomic E-state index is -0.236. The molecule has 108 valence electrons. The fraction of sp³-hybridized carbons (Fsp3) is 0.455. The molecule has 2 aromatic heterocycles. The van der Waals surface area contributed by atoms with Gasteiger partial charge in [-0.1, -0.05) is 0 Å². The number of H-pyrrole nitrogens is 1. The molecular formula is C11H15N5O2S2. The van der Waals surface area contributed by atoms with Crippen molar-refractivity contribution in [3.63, 3.8) is 0 Å². The lowest BCUT2D eigenvalue weighted by atomic mass is 10.4. The summed E-state index contributed by atoms with van der Waals surface area (Å²) in [6, 6.07) is 0. The predicted octanol–water partition coefficient (Wildman–Crippen LogP) is 1.49. The van der Waals surface area contributed by atoms with E-state index in [4.69, 9.17) is 17.0 Å². The topological polar surface area (TPSA) is 84.8 Å². The number of hydrogen-bond acceptors (Lipinski definition) is 6. The van der Waals surface area contributed by atoms with Gasteiger partial charge >= 0.3 is 0 Å². The lowest BCUT2D eigenvalue weighted by Gasteiger charge is -2.04. The van der Waals surface area contributed by atoms with Crippen molar-refractivity contribution in [2.24, 2.45) is 0 Å². The molecule has 0 spiro atoms. The molecule has 0 unspecified atom stereocenters. The minimum absolute atomic E-state index is 0.236. The summed E-state index contributed by atoms with van der Waals surface area (Å²) in [5.74, 6) is 0.457. The van der Waals surface area contributed by atoms with Gasteiger partial charge in [-0.2, -0.15) is 5.10 Å². The van der Waals surface area contributed by atoms with Crippen LogP contribution in [0.5, 0.6) is 0 Å². The molecule has 0 saturated heterocycles. The van der Waals surface area contributed by atoms with E-state index >= 15 is 0 Å². The number of hydrogen-bond donors (Lipinski definition) is 2. The van der Waals surface area contributed by atoms with Gasteiger partial charge in [0.2, 0.25) is 0 Å². The van der Waals surface area contributed by atoms with E-state index in [1.807, 2.05) is 11.5 Å². The number of methoxy groups -OCH3 is 1. The molecule has 0 saturated carbocycles. The van der Waals surface area contributed by atoms with Gasteiger partial charge in [-0.3, -0.25) is 9.89 Å². The number of aromatic amines is 1. The Morgan fingerprint density at radius 2 is 2.45 bits per heavy atom. The van der Waals surface area contributed by atoms with Gasteiger partial charge in [0.25, 0.3) is 5.91 Å². The number of carbonyl (C=O) groups excluding carboxylic acids is 1. The van der Waals surface area contributed by atoms with E-state index in [0.717, 1.165) is 5.01 Å². The molecule has 7 nitrogen and oxygen atoms in total. The van der Waals surface area contributed by atoms with Crippen LogP contribution in [0, 0.1) is 4.77 Å². The van der Waals surface area contributed by atoms with Gasteiger partial charge in [-0.25, -0.2) is 4.98 Å². The summed E-state index contributed by atoms with van der Waals surface area (Å²) in [4.78, 5) is 16.1. The van der Waals surface area contributed by atoms with E-state index in [9.17, 15) is 4.79 Å². The zero-order chi connectivity index (χ0) is 14.5. The maximum absolute atomic E-state index is 12.0. The Morgan fingerprint density at radius 1 is 1.65 bits per heavy atom. The molecule has 0 atom stereocenters. The lowest BCUT2D eigenvalue weighted by molar-refractivity contribution is 0.0944. The highest BCUT2D eigenvalue weighted by Crippen LogP contribution is 2.10. The molecule has 2 heterocycles. The number of rotatable bonds is 6. The van der Waals surface area contributed by atoms with Crippen molar-refractivity contribution < 1.29 is 9.53 Å². The van der Waals surface area contributed by atoms with Crippen LogP contribution in [0.25, 0.3) is 0 Å². The number of aromatic nitrogens is 4. The first-order valence-corrected chi connectivity index (χ1v) is 7.30. The lowest BCUT2D eigenvalue weighted by Crippen LogP contribution is -2.25. The third-order valence-electron chi connectivity index (χ3n) is 2.61. The predicted molar refractivity (Wildman–Crippen MR) is 77.1 cm³/mol. The van der Waals surface area contributed by atoms with Crippen molar-refractivity contribution in [1.29, 1.82) is 0 Å². The molecule has 20 heavy (non-hydrogen) atoms. The molecule has 9 heteroatoms. The van der Waals surface area contributed by atoms with E-state index < -0.39 is 0 Å². The molecular weight excluding hydrogens is 298 g/mol. The van der Waals surface area contributed by atoms with Crippen molar-refractivity contribution in [2.45, 2.75) is 26.6 Å². The molecule has 0 aromatic carbocycles. The fourth-order valence-electron chi connectivity index (χ4n) is 1.67. The molecule has 0 fully saturated rings. The average molecular weight is 313 g/mol. The summed E-state index contributed by atoms with van der Waals surface area (Å²) < 4.78 is 7.35. The van der Waals surface area contributed by atoms with Crippen molar-refractivity contribution in [1.82, 2.24) is 25.1 Å². The maximum Gasteiger partial charge on any atom is 0.271 e. The second-order valence-electron chi connectivity index (χ2n) is 3.93. The summed E-state index contributed by atoms with van der Waals surface area (Å²) in [6.45, 7) is 3.38. The molecule has 0 aliphatic heterocycles. The zero-order valence-electron chi connectivity index (χ0n) is 11.2. The zero-order valence-corrected chi connectivity index (χ0v) is 12.8. The molecule has 2 N–H and O–H groups in total. The smallest absolute Gasteiger partial charge is 0.271 e. The van der Waals surface area contributed by atoms with Crippen LogP contribution in [0.2, 0.25) is 0 Å². The van der Waals surface area contributed by atoms with E-state index in [2.05, 4.69) is 20.5 Å². The summed E-state index contributed by atoms with van der Waals surface area (Å²) >= 11 is 6.48. The fourth-order valence-corrected chi connectivity index (χ4v) is 2.69. The van der Waals surface area contributed by atoms with Crippen LogP contribution in [0.3, 0.4) is 0 Å². The van der Waals surface area contributed by atoms with Crippen LogP contribution < -0.4 is 5.32 Å². The van der Waals surface area contributed by atoms with Gasteiger partial charge in [-0.05, 0) is 19.1 Å². The first-order valence-electron chi connectivity index (χ1n) is 6.01. The third-order valence-corrected chi connectivity index (χ3v) is 3.75. The van der Waals surface area contributed by atoms with Gasteiger partial charge in [0.05, 0.1) is 13.2 Å². The normalized spacial score (nSPS) is 10.7. The maximum atomic E-state index is 12.0. The Hall–Kier alpha value is -1.58. The Morgan fingerprint density at radius 3 is 3.15 bits per heavy atom. The van der Waals surface area contributed by atoms with Crippen LogP contribution in [0.4, 0.5) is 0 Å². The highest BCUT2D eigenvalue weighted by atomic mass is 32.1. The Labute approximate surface area is 125 Å². The average Bonchev–Trinajstić information content (AvgIpc) is 3.03. The molecule has 2 aromatic rings. The van der Waals surface area contributed by atoms with Crippen LogP contribution in [0.1, 0.15) is 28.2 Å². The molecule has 0 radical (unpaired) electrons. The third kappa shape index (κ3) is 3.30. The molecule has 1 amide bonds. The quantitative estimate of drug-likeness (QED) is 0.789. The van der Waals surface area contributed by atoms with E-state index in [-0.39, 0.29) is 5.91 Å². The number of ether oxygens (including phenoxy) is 1. The first kappa shape index (κ1) is 14.8. The Bertz CT molecular complexity index is 645. The van der Waals surface area contributed by atoms with Crippen molar-refractivity contribution in [3.05, 3.63) is 26.7 Å². The highest BCUT2D eigenvalue weighted by molar-refractivity contribution is 7.71. The number of amides is 1. The monoisotopic (exact) mass is 313 g/mol. The van der Waals surface area contributed by atoms with E-state index in [0.29, 0.717) is 36.0 Å². The number of carbonyl (C=O) groups is 1. The Balaban J connectivity index is 1.99. The van der Waals surface area contributed by atoms with Crippen molar-refractivity contribution in [3.8, 4) is 0 Å². The van der Waals surface area contributed by atoms with Gasteiger partial charge in [0.1, 0.15) is 10.7 Å². The highest BCUT2D eigenvalue weighted by Gasteiger charge is 2.12. The van der Waals surface area contributed by atoms with Crippen LogP contribution in [-0.4, -0.2) is 32.8 Å². The second kappa shape index (κ2) is 6.73. The van der Waals surface area contributed by atoms with Crippen molar-refractivity contribution >= 4 is 29.5 Å². The largest absolute Gasteiger partial charge is 0.378 e. The van der Waals surface area contributed by atoms with Gasteiger partial charge in [-0.15, -0.1) is 11.3 Å². The van der Waals surface area contributed by atoms with Gasteiger partial charge < -0.3 is 14.6 Å². The number of thiazole rings is 1. The van der Waals surface area contributed by atoms with Gasteiger partial charge in [0.15, 0.2) is 10.6 Å². The van der Waals surface area contributed by atoms with E-state index in [1.165, 1.54) is 11.3 Å². The summed E-state index contributed by atoms with van der Waals surface area (Å²) in [5.41, 5.74) is 0.388. The molecule has 0 aliphatic carbocycles. The van der Waals surface area contributed by atoms with Crippen LogP contribution in [0.15, 0.2) is 5.38 Å². The molecule has 2 rings (SSSR count). The van der Waals surface area contributed by atoms with Crippen LogP contribution in [-0.2, 0) is 24.4 Å². The summed E-state index contributed by atoms with van der Waals surface area (Å²) in [6.07, 6.45) is 0. The van der Waals surface area contributed by atoms with Gasteiger partial charge in [0, 0.05) is 19.0 Å². The van der Waals surface area contributed by atoms with Crippen molar-refractivity contribution in [2.75, 3.05) is 7.11 Å². The summed E-state index contributed by atoms with van der Waals surface area (Å²) in [7, 11) is 1.59.